The first-order valence-corrected chi connectivity index (χ1v) is 8.90. The van der Waals surface area contributed by atoms with Gasteiger partial charge in [0, 0.05) is 31.7 Å². The maximum atomic E-state index is 12.3. The topological polar surface area (TPSA) is 122 Å². The summed E-state index contributed by atoms with van der Waals surface area (Å²) in [5.41, 5.74) is 0. The number of nitrogens with zero attached hydrogens (tertiary/aromatic N) is 1. The maximum Gasteiger partial charge on any atom is 0.355 e. The van der Waals surface area contributed by atoms with Crippen molar-refractivity contribution < 1.29 is 28.8 Å². The Labute approximate surface area is 152 Å². The van der Waals surface area contributed by atoms with Crippen molar-refractivity contribution in [1.29, 1.82) is 0 Å². The standard InChI is InChI=1S/C17H27N3O6/c1-4-13(21)19-12(7-5-6-10-18-16(24)11(2)3)17(25)26-20-14(22)8-9-15(20)23/h11-12H,4-10H2,1-3H3,(H,18,24)(H,19,21). The highest BCUT2D eigenvalue weighted by atomic mass is 16.7. The second-order valence-corrected chi connectivity index (χ2v) is 6.41. The van der Waals surface area contributed by atoms with Crippen molar-refractivity contribution in [1.82, 2.24) is 15.7 Å². The van der Waals surface area contributed by atoms with Gasteiger partial charge in [0.1, 0.15) is 6.04 Å². The number of hydrogen-bond donors (Lipinski definition) is 2. The fourth-order valence-electron chi connectivity index (χ4n) is 2.25. The number of nitrogens with one attached hydrogen (secondary N) is 2. The molecule has 4 amide bonds. The van der Waals surface area contributed by atoms with Crippen LogP contribution in [0.2, 0.25) is 0 Å². The van der Waals surface area contributed by atoms with Crippen LogP contribution >= 0.6 is 0 Å². The first-order chi connectivity index (χ1) is 12.3. The van der Waals surface area contributed by atoms with Gasteiger partial charge < -0.3 is 15.5 Å². The number of carbonyl (C=O) groups is 5. The van der Waals surface area contributed by atoms with Crippen LogP contribution in [0.15, 0.2) is 0 Å². The Morgan fingerprint density at radius 3 is 2.27 bits per heavy atom. The minimum Gasteiger partial charge on any atom is -0.356 e. The van der Waals surface area contributed by atoms with Crippen LogP contribution in [0.5, 0.6) is 0 Å². The van der Waals surface area contributed by atoms with E-state index in [4.69, 9.17) is 4.84 Å². The number of hydrogen-bond acceptors (Lipinski definition) is 6. The summed E-state index contributed by atoms with van der Waals surface area (Å²) >= 11 is 0. The highest BCUT2D eigenvalue weighted by Gasteiger charge is 2.35. The molecule has 0 aromatic carbocycles. The average Bonchev–Trinajstić information content (AvgIpc) is 2.91. The van der Waals surface area contributed by atoms with Crippen LogP contribution in [0.1, 0.15) is 59.3 Å². The van der Waals surface area contributed by atoms with Crippen LogP contribution in [-0.4, -0.2) is 47.2 Å². The molecule has 0 bridgehead atoms. The van der Waals surface area contributed by atoms with E-state index in [2.05, 4.69) is 10.6 Å². The third-order valence-electron chi connectivity index (χ3n) is 3.87. The quantitative estimate of drug-likeness (QED) is 0.425. The van der Waals surface area contributed by atoms with Crippen molar-refractivity contribution >= 4 is 29.6 Å². The molecule has 1 unspecified atom stereocenters. The summed E-state index contributed by atoms with van der Waals surface area (Å²) in [6.45, 7) is 5.70. The molecule has 1 fully saturated rings. The number of carbonyl (C=O) groups excluding carboxylic acids is 5. The molecule has 0 aliphatic carbocycles. The molecule has 1 aliphatic heterocycles. The normalized spacial score (nSPS) is 15.2. The largest absolute Gasteiger partial charge is 0.356 e. The Bertz CT molecular complexity index is 545. The lowest BCUT2D eigenvalue weighted by Crippen LogP contribution is -2.45. The molecule has 0 aromatic heterocycles. The van der Waals surface area contributed by atoms with Crippen LogP contribution in [0.3, 0.4) is 0 Å². The van der Waals surface area contributed by atoms with E-state index in [0.29, 0.717) is 24.4 Å². The first-order valence-electron chi connectivity index (χ1n) is 8.90. The molecule has 9 nitrogen and oxygen atoms in total. The lowest BCUT2D eigenvalue weighted by molar-refractivity contribution is -0.199. The number of imide groups is 1. The van der Waals surface area contributed by atoms with E-state index < -0.39 is 23.8 Å². The van der Waals surface area contributed by atoms with E-state index in [1.807, 2.05) is 0 Å². The lowest BCUT2D eigenvalue weighted by atomic mass is 10.1. The van der Waals surface area contributed by atoms with Gasteiger partial charge in [-0.15, -0.1) is 5.06 Å². The second kappa shape index (κ2) is 10.5. The van der Waals surface area contributed by atoms with Gasteiger partial charge >= 0.3 is 5.97 Å². The van der Waals surface area contributed by atoms with Gasteiger partial charge in [0.2, 0.25) is 11.8 Å². The molecule has 0 saturated carbocycles. The van der Waals surface area contributed by atoms with E-state index in [-0.39, 0.29) is 43.4 Å². The van der Waals surface area contributed by atoms with E-state index in [0.717, 1.165) is 0 Å². The Morgan fingerprint density at radius 1 is 1.12 bits per heavy atom. The Morgan fingerprint density at radius 2 is 1.73 bits per heavy atom. The lowest BCUT2D eigenvalue weighted by Gasteiger charge is -2.20. The van der Waals surface area contributed by atoms with Gasteiger partial charge in [-0.25, -0.2) is 4.79 Å². The molecule has 2 N–H and O–H groups in total. The number of amides is 4. The predicted octanol–water partition coefficient (Wildman–Crippen LogP) is 0.431. The SMILES string of the molecule is CCC(=O)NC(CCCCNC(=O)C(C)C)C(=O)ON1C(=O)CCC1=O. The van der Waals surface area contributed by atoms with Crippen molar-refractivity contribution in [2.45, 2.75) is 65.3 Å². The smallest absolute Gasteiger partial charge is 0.355 e. The molecule has 1 atom stereocenters. The Kier molecular flexibility index (Phi) is 8.74. The molecular weight excluding hydrogens is 342 g/mol. The molecule has 1 aliphatic rings. The number of rotatable bonds is 10. The molecule has 1 heterocycles. The summed E-state index contributed by atoms with van der Waals surface area (Å²) in [7, 11) is 0. The number of unbranched alkanes of at least 4 members (excludes halogenated alkanes) is 1. The van der Waals surface area contributed by atoms with Gasteiger partial charge in [-0.2, -0.15) is 0 Å². The van der Waals surface area contributed by atoms with Gasteiger partial charge in [0.25, 0.3) is 11.8 Å². The molecule has 0 spiro atoms. The van der Waals surface area contributed by atoms with Crippen molar-refractivity contribution in [2.24, 2.45) is 5.92 Å². The van der Waals surface area contributed by atoms with Crippen molar-refractivity contribution in [2.75, 3.05) is 6.54 Å². The van der Waals surface area contributed by atoms with Crippen LogP contribution in [0.4, 0.5) is 0 Å². The second-order valence-electron chi connectivity index (χ2n) is 6.41. The van der Waals surface area contributed by atoms with E-state index in [9.17, 15) is 24.0 Å². The molecule has 9 heteroatoms. The molecule has 0 radical (unpaired) electrons. The zero-order valence-electron chi connectivity index (χ0n) is 15.5. The summed E-state index contributed by atoms with van der Waals surface area (Å²) in [5, 5.41) is 5.77. The molecule has 146 valence electrons. The average molecular weight is 369 g/mol. The summed E-state index contributed by atoms with van der Waals surface area (Å²) < 4.78 is 0. The van der Waals surface area contributed by atoms with Crippen LogP contribution < -0.4 is 10.6 Å². The van der Waals surface area contributed by atoms with Crippen LogP contribution in [0, 0.1) is 5.92 Å². The molecule has 26 heavy (non-hydrogen) atoms. The summed E-state index contributed by atoms with van der Waals surface area (Å²) in [6, 6.07) is -0.954. The van der Waals surface area contributed by atoms with Crippen molar-refractivity contribution in [3.05, 3.63) is 0 Å². The van der Waals surface area contributed by atoms with E-state index in [1.54, 1.807) is 20.8 Å². The first kappa shape index (κ1) is 21.6. The fourth-order valence-corrected chi connectivity index (χ4v) is 2.25. The van der Waals surface area contributed by atoms with E-state index >= 15 is 0 Å². The van der Waals surface area contributed by atoms with Gasteiger partial charge in [-0.05, 0) is 19.3 Å². The zero-order valence-corrected chi connectivity index (χ0v) is 15.5. The Balaban J connectivity index is 2.51. The van der Waals surface area contributed by atoms with Crippen LogP contribution in [-0.2, 0) is 28.8 Å². The summed E-state index contributed by atoms with van der Waals surface area (Å²) in [5.74, 6) is -2.47. The summed E-state index contributed by atoms with van der Waals surface area (Å²) in [6.07, 6.45) is 1.64. The van der Waals surface area contributed by atoms with Crippen LogP contribution in [0.25, 0.3) is 0 Å². The predicted molar refractivity (Wildman–Crippen MR) is 91.1 cm³/mol. The summed E-state index contributed by atoms with van der Waals surface area (Å²) in [4.78, 5) is 63.3. The minimum absolute atomic E-state index is 0.00759. The highest BCUT2D eigenvalue weighted by Crippen LogP contribution is 2.14. The maximum absolute atomic E-state index is 12.3. The van der Waals surface area contributed by atoms with Crippen molar-refractivity contribution in [3.63, 3.8) is 0 Å². The van der Waals surface area contributed by atoms with Gasteiger partial charge in [0.05, 0.1) is 0 Å². The van der Waals surface area contributed by atoms with Gasteiger partial charge in [0.15, 0.2) is 0 Å². The Hall–Kier alpha value is -2.45. The monoisotopic (exact) mass is 369 g/mol. The molecular formula is C17H27N3O6. The van der Waals surface area contributed by atoms with Gasteiger partial charge in [-0.1, -0.05) is 20.8 Å². The van der Waals surface area contributed by atoms with Gasteiger partial charge in [-0.3, -0.25) is 19.2 Å². The minimum atomic E-state index is -0.954. The third kappa shape index (κ3) is 6.81. The fraction of sp³-hybridized carbons (Fsp3) is 0.706. The molecule has 1 rings (SSSR count). The highest BCUT2D eigenvalue weighted by molar-refractivity contribution is 6.01. The molecule has 1 saturated heterocycles. The number of hydroxylamine groups is 2. The zero-order chi connectivity index (χ0) is 19.7. The third-order valence-corrected chi connectivity index (χ3v) is 3.87. The van der Waals surface area contributed by atoms with Crippen molar-refractivity contribution in [3.8, 4) is 0 Å². The molecule has 0 aromatic rings. The van der Waals surface area contributed by atoms with E-state index in [1.165, 1.54) is 0 Å².